The summed E-state index contributed by atoms with van der Waals surface area (Å²) in [4.78, 5) is 16.4. The van der Waals surface area contributed by atoms with Gasteiger partial charge in [0.1, 0.15) is 18.2 Å². The van der Waals surface area contributed by atoms with Crippen molar-refractivity contribution in [2.45, 2.75) is 26.0 Å². The summed E-state index contributed by atoms with van der Waals surface area (Å²) in [5.41, 5.74) is 8.95. The molecular formula is C23H24N4O3. The fourth-order valence-electron chi connectivity index (χ4n) is 3.00. The largest absolute Gasteiger partial charge is 0.487 e. The Morgan fingerprint density at radius 3 is 2.57 bits per heavy atom. The van der Waals surface area contributed by atoms with E-state index in [1.165, 1.54) is 0 Å². The van der Waals surface area contributed by atoms with E-state index < -0.39 is 12.0 Å². The van der Waals surface area contributed by atoms with Gasteiger partial charge in [-0.15, -0.1) is 0 Å². The minimum absolute atomic E-state index is 0.0443. The van der Waals surface area contributed by atoms with Crippen molar-refractivity contribution in [1.82, 2.24) is 4.98 Å². The molecule has 0 aliphatic heterocycles. The molecule has 0 bridgehead atoms. The Labute approximate surface area is 175 Å². The van der Waals surface area contributed by atoms with E-state index in [0.29, 0.717) is 22.6 Å². The molecule has 0 saturated heterocycles. The number of hydrogen-bond acceptors (Lipinski definition) is 5. The van der Waals surface area contributed by atoms with Crippen LogP contribution in [0, 0.1) is 5.41 Å². The van der Waals surface area contributed by atoms with Crippen LogP contribution in [0.4, 0.5) is 5.69 Å². The number of anilines is 1. The molecule has 2 aromatic carbocycles. The van der Waals surface area contributed by atoms with Gasteiger partial charge in [0.25, 0.3) is 0 Å². The second-order valence-electron chi connectivity index (χ2n) is 6.74. The minimum atomic E-state index is -1.03. The number of nitrogen functional groups attached to an aromatic ring is 1. The number of nitrogens with two attached hydrogens (primary N) is 1. The Morgan fingerprint density at radius 2 is 1.97 bits per heavy atom. The predicted octanol–water partition coefficient (Wildman–Crippen LogP) is 3.74. The zero-order valence-electron chi connectivity index (χ0n) is 16.6. The number of nitrogens with zero attached hydrogens (tertiary/aromatic N) is 1. The highest BCUT2D eigenvalue weighted by molar-refractivity contribution is 5.95. The van der Waals surface area contributed by atoms with Crippen LogP contribution in [-0.2, 0) is 17.8 Å². The first-order valence-electron chi connectivity index (χ1n) is 9.57. The van der Waals surface area contributed by atoms with Crippen LogP contribution in [0.1, 0.15) is 35.3 Å². The van der Waals surface area contributed by atoms with Crippen LogP contribution in [0.2, 0.25) is 0 Å². The molecule has 30 heavy (non-hydrogen) atoms. The maximum absolute atomic E-state index is 12.1. The first-order chi connectivity index (χ1) is 14.5. The van der Waals surface area contributed by atoms with Crippen LogP contribution < -0.4 is 15.8 Å². The summed E-state index contributed by atoms with van der Waals surface area (Å²) in [7, 11) is 0. The summed E-state index contributed by atoms with van der Waals surface area (Å²) >= 11 is 0. The lowest BCUT2D eigenvalue weighted by atomic mass is 10.0. The van der Waals surface area contributed by atoms with Crippen molar-refractivity contribution in [2.75, 3.05) is 5.32 Å². The summed E-state index contributed by atoms with van der Waals surface area (Å²) in [5, 5.41) is 20.4. The lowest BCUT2D eigenvalue weighted by Gasteiger charge is -2.20. The van der Waals surface area contributed by atoms with E-state index in [1.807, 2.05) is 37.3 Å². The lowest BCUT2D eigenvalue weighted by molar-refractivity contribution is -0.138. The molecule has 0 unspecified atom stereocenters. The van der Waals surface area contributed by atoms with Gasteiger partial charge >= 0.3 is 5.97 Å². The SMILES string of the molecule is CCc1ccc(OCc2ccccn2)c([C@@H](Nc2ccc(C(=N)N)cc2)C(=O)O)c1. The van der Waals surface area contributed by atoms with Crippen LogP contribution >= 0.6 is 0 Å². The number of rotatable bonds is 9. The molecule has 0 aliphatic rings. The predicted molar refractivity (Wildman–Crippen MR) is 116 cm³/mol. The molecule has 154 valence electrons. The van der Waals surface area contributed by atoms with Crippen molar-refractivity contribution in [3.8, 4) is 5.75 Å². The quantitative estimate of drug-likeness (QED) is 0.318. The van der Waals surface area contributed by atoms with Gasteiger partial charge in [-0.2, -0.15) is 0 Å². The van der Waals surface area contributed by atoms with E-state index in [0.717, 1.165) is 17.7 Å². The van der Waals surface area contributed by atoms with Crippen molar-refractivity contribution in [1.29, 1.82) is 5.41 Å². The lowest BCUT2D eigenvalue weighted by Crippen LogP contribution is -2.22. The second kappa shape index (κ2) is 9.56. The van der Waals surface area contributed by atoms with Crippen LogP contribution in [-0.4, -0.2) is 21.9 Å². The van der Waals surface area contributed by atoms with Crippen molar-refractivity contribution in [2.24, 2.45) is 5.73 Å². The third-order valence-corrected chi connectivity index (χ3v) is 4.65. The number of ether oxygens (including phenoxy) is 1. The molecule has 0 saturated carbocycles. The van der Waals surface area contributed by atoms with E-state index in [2.05, 4.69) is 10.3 Å². The van der Waals surface area contributed by atoms with Gasteiger partial charge in [-0.3, -0.25) is 10.4 Å². The normalized spacial score (nSPS) is 11.5. The Hall–Kier alpha value is -3.87. The topological polar surface area (TPSA) is 121 Å². The molecule has 0 spiro atoms. The van der Waals surface area contributed by atoms with Crippen molar-refractivity contribution in [3.05, 3.63) is 89.2 Å². The van der Waals surface area contributed by atoms with Gasteiger partial charge in [-0.1, -0.05) is 19.1 Å². The number of nitrogens with one attached hydrogen (secondary N) is 2. The van der Waals surface area contributed by atoms with E-state index in [9.17, 15) is 9.90 Å². The molecule has 1 atom stereocenters. The first-order valence-corrected chi connectivity index (χ1v) is 9.57. The number of pyridine rings is 1. The number of carboxylic acids is 1. The van der Waals surface area contributed by atoms with Gasteiger partial charge in [0.2, 0.25) is 0 Å². The van der Waals surface area contributed by atoms with Gasteiger partial charge in [0, 0.05) is 23.0 Å². The summed E-state index contributed by atoms with van der Waals surface area (Å²) in [5.74, 6) is -0.586. The minimum Gasteiger partial charge on any atom is -0.487 e. The second-order valence-corrected chi connectivity index (χ2v) is 6.74. The highest BCUT2D eigenvalue weighted by Crippen LogP contribution is 2.30. The summed E-state index contributed by atoms with van der Waals surface area (Å²) in [6, 6.07) is 16.9. The third-order valence-electron chi connectivity index (χ3n) is 4.65. The van der Waals surface area contributed by atoms with Gasteiger partial charge in [-0.25, -0.2) is 4.79 Å². The Bertz CT molecular complexity index is 1020. The highest BCUT2D eigenvalue weighted by Gasteiger charge is 2.24. The number of hydrogen-bond donors (Lipinski definition) is 4. The van der Waals surface area contributed by atoms with E-state index in [1.54, 1.807) is 36.5 Å². The smallest absolute Gasteiger partial charge is 0.330 e. The van der Waals surface area contributed by atoms with Gasteiger partial charge < -0.3 is 20.9 Å². The zero-order chi connectivity index (χ0) is 21.5. The van der Waals surface area contributed by atoms with Crippen molar-refractivity contribution >= 4 is 17.5 Å². The molecular weight excluding hydrogens is 380 g/mol. The van der Waals surface area contributed by atoms with Crippen LogP contribution in [0.15, 0.2) is 66.9 Å². The number of aromatic nitrogens is 1. The number of amidine groups is 1. The number of carboxylic acid groups (broad SMARTS) is 1. The van der Waals surface area contributed by atoms with Gasteiger partial charge in [0.05, 0.1) is 5.69 Å². The average molecular weight is 404 g/mol. The summed E-state index contributed by atoms with van der Waals surface area (Å²) in [6.07, 6.45) is 2.46. The number of carbonyl (C=O) groups is 1. The summed E-state index contributed by atoms with van der Waals surface area (Å²) < 4.78 is 5.93. The Morgan fingerprint density at radius 1 is 1.20 bits per heavy atom. The average Bonchev–Trinajstić information content (AvgIpc) is 2.77. The Kier molecular flexibility index (Phi) is 6.64. The molecule has 5 N–H and O–H groups in total. The number of benzene rings is 2. The van der Waals surface area contributed by atoms with Crippen LogP contribution in [0.5, 0.6) is 5.75 Å². The third kappa shape index (κ3) is 5.14. The molecule has 1 heterocycles. The van der Waals surface area contributed by atoms with Crippen molar-refractivity contribution < 1.29 is 14.6 Å². The molecule has 0 amide bonds. The molecule has 0 fully saturated rings. The maximum atomic E-state index is 12.1. The molecule has 1 aromatic heterocycles. The molecule has 7 heteroatoms. The van der Waals surface area contributed by atoms with E-state index in [4.69, 9.17) is 15.9 Å². The zero-order valence-corrected chi connectivity index (χ0v) is 16.6. The highest BCUT2D eigenvalue weighted by atomic mass is 16.5. The maximum Gasteiger partial charge on any atom is 0.330 e. The van der Waals surface area contributed by atoms with E-state index in [-0.39, 0.29) is 12.4 Å². The van der Waals surface area contributed by atoms with Crippen LogP contribution in [0.3, 0.4) is 0 Å². The monoisotopic (exact) mass is 404 g/mol. The number of aryl methyl sites for hydroxylation is 1. The summed E-state index contributed by atoms with van der Waals surface area (Å²) in [6.45, 7) is 2.25. The molecule has 3 aromatic rings. The number of aliphatic carboxylic acids is 1. The molecule has 0 radical (unpaired) electrons. The first kappa shape index (κ1) is 20.9. The van der Waals surface area contributed by atoms with E-state index >= 15 is 0 Å². The standard InChI is InChI=1S/C23H24N4O3/c1-2-15-6-11-20(30-14-18-5-3-4-12-26-18)19(13-15)21(23(28)29)27-17-9-7-16(8-10-17)22(24)25/h3-13,21,27H,2,14H2,1H3,(H3,24,25)(H,28,29)/t21-/m1/s1. The fourth-order valence-corrected chi connectivity index (χ4v) is 3.00. The molecule has 3 rings (SSSR count). The fraction of sp³-hybridized carbons (Fsp3) is 0.174. The molecule has 7 nitrogen and oxygen atoms in total. The Balaban J connectivity index is 1.89. The molecule has 0 aliphatic carbocycles. The van der Waals surface area contributed by atoms with Crippen molar-refractivity contribution in [3.63, 3.8) is 0 Å². The van der Waals surface area contributed by atoms with Gasteiger partial charge in [0.15, 0.2) is 6.04 Å². The van der Waals surface area contributed by atoms with Crippen LogP contribution in [0.25, 0.3) is 0 Å². The van der Waals surface area contributed by atoms with Gasteiger partial charge in [-0.05, 0) is 60.5 Å².